The van der Waals surface area contributed by atoms with Gasteiger partial charge in [0.05, 0.1) is 5.69 Å². The van der Waals surface area contributed by atoms with E-state index in [9.17, 15) is 13.6 Å². The number of hydrogen-bond donors (Lipinski definition) is 2. The maximum atomic E-state index is 13.6. The van der Waals surface area contributed by atoms with Crippen LogP contribution >= 0.6 is 0 Å². The van der Waals surface area contributed by atoms with Crippen molar-refractivity contribution >= 4 is 17.3 Å². The van der Waals surface area contributed by atoms with Crippen LogP contribution in [0.4, 0.5) is 20.2 Å². The predicted molar refractivity (Wildman–Crippen MR) is 70.5 cm³/mol. The predicted octanol–water partition coefficient (Wildman–Crippen LogP) is 3.31. The van der Waals surface area contributed by atoms with E-state index in [-0.39, 0.29) is 23.2 Å². The van der Waals surface area contributed by atoms with Gasteiger partial charge in [-0.2, -0.15) is 0 Å². The Morgan fingerprint density at radius 1 is 1.26 bits per heavy atom. The second-order valence-electron chi connectivity index (χ2n) is 5.27. The van der Waals surface area contributed by atoms with Crippen LogP contribution in [0.25, 0.3) is 0 Å². The van der Waals surface area contributed by atoms with Gasteiger partial charge in [0.25, 0.3) is 0 Å². The van der Waals surface area contributed by atoms with Crippen LogP contribution in [-0.4, -0.2) is 5.91 Å². The van der Waals surface area contributed by atoms with Crippen LogP contribution in [0.15, 0.2) is 12.1 Å². The van der Waals surface area contributed by atoms with Crippen LogP contribution in [0.2, 0.25) is 0 Å². The third-order valence-electron chi connectivity index (χ3n) is 3.76. The molecule has 0 spiro atoms. The molecular weight excluding hydrogens is 250 g/mol. The number of rotatable bonds is 2. The van der Waals surface area contributed by atoms with Crippen molar-refractivity contribution in [3.8, 4) is 0 Å². The summed E-state index contributed by atoms with van der Waals surface area (Å²) in [5, 5.41) is 2.42. The standard InChI is InChI=1S/C14H18F2N2O/c1-8-2-4-9(5-3-8)14(19)18-13-11(17)7-6-10(15)12(13)16/h6-9H,2-5,17H2,1H3,(H,18,19). The van der Waals surface area contributed by atoms with Crippen LogP contribution in [0.3, 0.4) is 0 Å². The Hall–Kier alpha value is -1.65. The molecule has 0 atom stereocenters. The summed E-state index contributed by atoms with van der Waals surface area (Å²) in [5.74, 6) is -1.90. The molecule has 5 heteroatoms. The van der Waals surface area contributed by atoms with Gasteiger partial charge < -0.3 is 11.1 Å². The maximum Gasteiger partial charge on any atom is 0.227 e. The molecule has 1 aliphatic carbocycles. The zero-order valence-corrected chi connectivity index (χ0v) is 10.9. The molecule has 1 amide bonds. The van der Waals surface area contributed by atoms with Gasteiger partial charge in [0, 0.05) is 5.92 Å². The highest BCUT2D eigenvalue weighted by atomic mass is 19.2. The number of anilines is 2. The molecule has 0 bridgehead atoms. The third kappa shape index (κ3) is 3.03. The lowest BCUT2D eigenvalue weighted by Gasteiger charge is -2.25. The second-order valence-corrected chi connectivity index (χ2v) is 5.27. The molecule has 0 radical (unpaired) electrons. The zero-order valence-electron chi connectivity index (χ0n) is 10.9. The SMILES string of the molecule is CC1CCC(C(=O)Nc2c(N)ccc(F)c2F)CC1. The van der Waals surface area contributed by atoms with Crippen molar-refractivity contribution in [2.75, 3.05) is 11.1 Å². The molecule has 1 aliphatic rings. The molecule has 0 saturated heterocycles. The Morgan fingerprint density at radius 3 is 2.53 bits per heavy atom. The van der Waals surface area contributed by atoms with Crippen molar-refractivity contribution < 1.29 is 13.6 Å². The summed E-state index contributed by atoms with van der Waals surface area (Å²) in [6.45, 7) is 2.15. The zero-order chi connectivity index (χ0) is 14.0. The van der Waals surface area contributed by atoms with Crippen molar-refractivity contribution in [2.24, 2.45) is 11.8 Å². The first kappa shape index (κ1) is 13.8. The number of amides is 1. The molecule has 1 saturated carbocycles. The molecule has 0 unspecified atom stereocenters. The quantitative estimate of drug-likeness (QED) is 0.808. The smallest absolute Gasteiger partial charge is 0.227 e. The molecule has 1 fully saturated rings. The number of nitrogen functional groups attached to an aromatic ring is 1. The molecule has 19 heavy (non-hydrogen) atoms. The van der Waals surface area contributed by atoms with E-state index in [4.69, 9.17) is 5.73 Å². The first-order valence-electron chi connectivity index (χ1n) is 6.53. The van der Waals surface area contributed by atoms with E-state index in [0.717, 1.165) is 31.7 Å². The monoisotopic (exact) mass is 268 g/mol. The van der Waals surface area contributed by atoms with E-state index in [1.165, 1.54) is 6.07 Å². The first-order chi connectivity index (χ1) is 8.99. The highest BCUT2D eigenvalue weighted by molar-refractivity contribution is 5.95. The summed E-state index contributed by atoms with van der Waals surface area (Å²) in [6.07, 6.45) is 3.53. The minimum Gasteiger partial charge on any atom is -0.397 e. The molecule has 104 valence electrons. The van der Waals surface area contributed by atoms with Crippen molar-refractivity contribution in [3.63, 3.8) is 0 Å². The average molecular weight is 268 g/mol. The fourth-order valence-corrected chi connectivity index (χ4v) is 2.44. The summed E-state index contributed by atoms with van der Waals surface area (Å²) in [5.41, 5.74) is 5.36. The molecular formula is C14H18F2N2O. The van der Waals surface area contributed by atoms with Crippen LogP contribution < -0.4 is 11.1 Å². The van der Waals surface area contributed by atoms with E-state index >= 15 is 0 Å². The molecule has 0 aromatic heterocycles. The Balaban J connectivity index is 2.09. The van der Waals surface area contributed by atoms with Gasteiger partial charge in [0.1, 0.15) is 5.69 Å². The summed E-state index contributed by atoms with van der Waals surface area (Å²) in [6, 6.07) is 2.19. The van der Waals surface area contributed by atoms with Crippen molar-refractivity contribution in [3.05, 3.63) is 23.8 Å². The number of nitrogens with two attached hydrogens (primary N) is 1. The van der Waals surface area contributed by atoms with Gasteiger partial charge >= 0.3 is 0 Å². The molecule has 0 aliphatic heterocycles. The lowest BCUT2D eigenvalue weighted by atomic mass is 9.82. The lowest BCUT2D eigenvalue weighted by Crippen LogP contribution is -2.27. The molecule has 0 heterocycles. The minimum atomic E-state index is -1.10. The fraction of sp³-hybridized carbons (Fsp3) is 0.500. The number of benzene rings is 1. The van der Waals surface area contributed by atoms with Crippen LogP contribution in [0, 0.1) is 23.5 Å². The van der Waals surface area contributed by atoms with Gasteiger partial charge in [-0.1, -0.05) is 6.92 Å². The molecule has 2 rings (SSSR count). The summed E-state index contributed by atoms with van der Waals surface area (Å²) >= 11 is 0. The van der Waals surface area contributed by atoms with Crippen molar-refractivity contribution in [2.45, 2.75) is 32.6 Å². The Morgan fingerprint density at radius 2 is 1.89 bits per heavy atom. The van der Waals surface area contributed by atoms with Crippen LogP contribution in [-0.2, 0) is 4.79 Å². The normalized spacial score (nSPS) is 23.1. The van der Waals surface area contributed by atoms with E-state index in [2.05, 4.69) is 12.2 Å². The lowest BCUT2D eigenvalue weighted by molar-refractivity contribution is -0.121. The number of hydrogen-bond acceptors (Lipinski definition) is 2. The Bertz CT molecular complexity index is 483. The second kappa shape index (κ2) is 5.55. The first-order valence-corrected chi connectivity index (χ1v) is 6.53. The largest absolute Gasteiger partial charge is 0.397 e. The van der Waals surface area contributed by atoms with Gasteiger partial charge in [-0.15, -0.1) is 0 Å². The average Bonchev–Trinajstić information content (AvgIpc) is 2.40. The van der Waals surface area contributed by atoms with E-state index in [0.29, 0.717) is 5.92 Å². The van der Waals surface area contributed by atoms with Crippen molar-refractivity contribution in [1.29, 1.82) is 0 Å². The third-order valence-corrected chi connectivity index (χ3v) is 3.76. The van der Waals surface area contributed by atoms with E-state index < -0.39 is 11.6 Å². The highest BCUT2D eigenvalue weighted by Crippen LogP contribution is 2.31. The number of carbonyl (C=O) groups excluding carboxylic acids is 1. The number of nitrogens with one attached hydrogen (secondary N) is 1. The minimum absolute atomic E-state index is 0.0384. The molecule has 1 aromatic rings. The van der Waals surface area contributed by atoms with E-state index in [1.807, 2.05) is 0 Å². The molecule has 3 N–H and O–H groups in total. The maximum absolute atomic E-state index is 13.6. The van der Waals surface area contributed by atoms with Gasteiger partial charge in [-0.05, 0) is 43.7 Å². The fourth-order valence-electron chi connectivity index (χ4n) is 2.44. The summed E-state index contributed by atoms with van der Waals surface area (Å²) < 4.78 is 26.7. The highest BCUT2D eigenvalue weighted by Gasteiger charge is 2.25. The summed E-state index contributed by atoms with van der Waals surface area (Å²) in [4.78, 5) is 12.0. The number of carbonyl (C=O) groups is 1. The molecule has 3 nitrogen and oxygen atoms in total. The molecule has 1 aromatic carbocycles. The number of halogens is 2. The van der Waals surface area contributed by atoms with Gasteiger partial charge in [0.2, 0.25) is 5.91 Å². The van der Waals surface area contributed by atoms with Gasteiger partial charge in [-0.25, -0.2) is 8.78 Å². The topological polar surface area (TPSA) is 55.1 Å². The summed E-state index contributed by atoms with van der Waals surface area (Å²) in [7, 11) is 0. The van der Waals surface area contributed by atoms with Crippen molar-refractivity contribution in [1.82, 2.24) is 0 Å². The Labute approximate surface area is 111 Å². The Kier molecular flexibility index (Phi) is 4.02. The van der Waals surface area contributed by atoms with Crippen LogP contribution in [0.5, 0.6) is 0 Å². The van der Waals surface area contributed by atoms with Gasteiger partial charge in [-0.3, -0.25) is 4.79 Å². The van der Waals surface area contributed by atoms with Crippen LogP contribution in [0.1, 0.15) is 32.6 Å². The van der Waals surface area contributed by atoms with E-state index in [1.54, 1.807) is 0 Å². The van der Waals surface area contributed by atoms with Gasteiger partial charge in [0.15, 0.2) is 11.6 Å².